The quantitative estimate of drug-likeness (QED) is 0.648. The number of ether oxygens (including phenoxy) is 3. The van der Waals surface area contributed by atoms with E-state index >= 15 is 0 Å². The maximum atomic E-state index is 5.91. The topological polar surface area (TPSA) is 77.3 Å². The summed E-state index contributed by atoms with van der Waals surface area (Å²) < 4.78 is 16.7. The predicted molar refractivity (Wildman–Crippen MR) is 125 cm³/mol. The van der Waals surface area contributed by atoms with E-state index in [1.54, 1.807) is 26.6 Å². The molecule has 0 spiro atoms. The van der Waals surface area contributed by atoms with E-state index in [0.717, 1.165) is 27.9 Å². The number of benzene rings is 2. The molecular formula is C25H24N4O3. The molecule has 3 heterocycles. The van der Waals surface area contributed by atoms with E-state index in [2.05, 4.69) is 28.5 Å². The molecule has 7 heteroatoms. The molecule has 7 nitrogen and oxygen atoms in total. The van der Waals surface area contributed by atoms with Gasteiger partial charge in [-0.2, -0.15) is 4.99 Å². The normalized spacial score (nSPS) is 18.6. The Hall–Kier alpha value is -3.87. The first-order valence-electron chi connectivity index (χ1n) is 10.5. The summed E-state index contributed by atoms with van der Waals surface area (Å²) >= 11 is 0. The first kappa shape index (κ1) is 20.1. The van der Waals surface area contributed by atoms with Gasteiger partial charge in [0.1, 0.15) is 12.1 Å². The molecule has 5 rings (SSSR count). The molecule has 3 aromatic rings. The molecule has 0 fully saturated rings. The minimum atomic E-state index is -0.129. The fourth-order valence-corrected chi connectivity index (χ4v) is 4.15. The Bertz CT molecular complexity index is 1210. The average Bonchev–Trinajstić information content (AvgIpc) is 3.22. The first-order chi connectivity index (χ1) is 15.7. The van der Waals surface area contributed by atoms with Crippen LogP contribution in [-0.2, 0) is 4.74 Å². The number of aliphatic imine (C=N–C) groups is 2. The zero-order valence-corrected chi connectivity index (χ0v) is 18.2. The molecule has 1 N–H and O–H groups in total. The maximum absolute atomic E-state index is 5.91. The Morgan fingerprint density at radius 3 is 2.38 bits per heavy atom. The van der Waals surface area contributed by atoms with Crippen LogP contribution in [0.3, 0.4) is 0 Å². The number of fused-ring (bicyclic) bond motifs is 3. The van der Waals surface area contributed by atoms with Crippen molar-refractivity contribution in [1.29, 1.82) is 0 Å². The average molecular weight is 428 g/mol. The minimum absolute atomic E-state index is 0.105. The van der Waals surface area contributed by atoms with Gasteiger partial charge in [0.25, 0.3) is 0 Å². The highest BCUT2D eigenvalue weighted by Crippen LogP contribution is 2.42. The van der Waals surface area contributed by atoms with Crippen molar-refractivity contribution in [2.24, 2.45) is 9.98 Å². The molecule has 2 unspecified atom stereocenters. The number of hydrogen-bond donors (Lipinski definition) is 1. The van der Waals surface area contributed by atoms with E-state index in [9.17, 15) is 0 Å². The first-order valence-corrected chi connectivity index (χ1v) is 10.5. The van der Waals surface area contributed by atoms with Gasteiger partial charge in [0, 0.05) is 29.2 Å². The van der Waals surface area contributed by atoms with Crippen molar-refractivity contribution in [2.75, 3.05) is 26.1 Å². The summed E-state index contributed by atoms with van der Waals surface area (Å²) in [7, 11) is 3.28. The standard InChI is InChI=1S/C25H24N4O3/c1-4-32-25-23-22(28-24(29-25)15-9-11-26-12-10-15)18-7-5-16(13-19(18)27-23)17-6-8-20(30-2)21(14-17)31-3/h5-14,22-23,27H,4H2,1-3H3. The lowest BCUT2D eigenvalue weighted by molar-refractivity contribution is 0.309. The second-order valence-electron chi connectivity index (χ2n) is 7.51. The van der Waals surface area contributed by atoms with Crippen molar-refractivity contribution in [3.8, 4) is 22.6 Å². The van der Waals surface area contributed by atoms with E-state index < -0.39 is 0 Å². The van der Waals surface area contributed by atoms with Gasteiger partial charge in [-0.25, -0.2) is 0 Å². The Balaban J connectivity index is 1.53. The van der Waals surface area contributed by atoms with Gasteiger partial charge in [0.2, 0.25) is 5.90 Å². The zero-order valence-electron chi connectivity index (χ0n) is 18.2. The van der Waals surface area contributed by atoms with Gasteiger partial charge >= 0.3 is 0 Å². The smallest absolute Gasteiger partial charge is 0.215 e. The van der Waals surface area contributed by atoms with Crippen molar-refractivity contribution < 1.29 is 14.2 Å². The van der Waals surface area contributed by atoms with Gasteiger partial charge < -0.3 is 19.5 Å². The number of nitrogens with zero attached hydrogens (tertiary/aromatic N) is 3. The zero-order chi connectivity index (χ0) is 22.1. The summed E-state index contributed by atoms with van der Waals surface area (Å²) in [6.07, 6.45) is 3.49. The van der Waals surface area contributed by atoms with E-state index in [1.807, 2.05) is 37.3 Å². The third-order valence-corrected chi connectivity index (χ3v) is 5.69. The number of methoxy groups -OCH3 is 2. The Morgan fingerprint density at radius 2 is 1.62 bits per heavy atom. The number of rotatable bonds is 5. The molecule has 2 aliphatic rings. The van der Waals surface area contributed by atoms with Crippen LogP contribution in [0.15, 0.2) is 70.9 Å². The van der Waals surface area contributed by atoms with E-state index in [1.165, 1.54) is 0 Å². The molecule has 2 atom stereocenters. The summed E-state index contributed by atoms with van der Waals surface area (Å²) in [5, 5.41) is 3.57. The lowest BCUT2D eigenvalue weighted by Crippen LogP contribution is -2.36. The molecule has 0 radical (unpaired) electrons. The molecule has 32 heavy (non-hydrogen) atoms. The van der Waals surface area contributed by atoms with E-state index in [4.69, 9.17) is 24.2 Å². The van der Waals surface area contributed by atoms with Crippen LogP contribution in [0.2, 0.25) is 0 Å². The van der Waals surface area contributed by atoms with E-state index in [0.29, 0.717) is 29.8 Å². The Morgan fingerprint density at radius 1 is 0.875 bits per heavy atom. The van der Waals surface area contributed by atoms with Crippen molar-refractivity contribution in [3.63, 3.8) is 0 Å². The van der Waals surface area contributed by atoms with Crippen LogP contribution in [0.4, 0.5) is 5.69 Å². The third-order valence-electron chi connectivity index (χ3n) is 5.69. The van der Waals surface area contributed by atoms with Crippen LogP contribution >= 0.6 is 0 Å². The SMILES string of the molecule is CCOC1=NC(c2ccncc2)=NC2c3ccc(-c4ccc(OC)c(OC)c4)cc3NC12. The van der Waals surface area contributed by atoms with Gasteiger partial charge in [-0.3, -0.25) is 9.98 Å². The van der Waals surface area contributed by atoms with Gasteiger partial charge in [0.15, 0.2) is 17.3 Å². The number of amidine groups is 1. The third kappa shape index (κ3) is 3.45. The monoisotopic (exact) mass is 428 g/mol. The van der Waals surface area contributed by atoms with Gasteiger partial charge in [-0.15, -0.1) is 0 Å². The molecule has 2 aliphatic heterocycles. The highest BCUT2D eigenvalue weighted by molar-refractivity contribution is 6.09. The summed E-state index contributed by atoms with van der Waals surface area (Å²) in [5.41, 5.74) is 5.19. The molecule has 0 aliphatic carbocycles. The predicted octanol–water partition coefficient (Wildman–Crippen LogP) is 4.50. The highest BCUT2D eigenvalue weighted by Gasteiger charge is 2.39. The number of aromatic nitrogens is 1. The van der Waals surface area contributed by atoms with Gasteiger partial charge in [-0.05, 0) is 48.4 Å². The second kappa shape index (κ2) is 8.34. The van der Waals surface area contributed by atoms with Crippen LogP contribution in [0.25, 0.3) is 11.1 Å². The summed E-state index contributed by atoms with van der Waals surface area (Å²) in [6.45, 7) is 2.51. The Kier molecular flexibility index (Phi) is 5.23. The van der Waals surface area contributed by atoms with Crippen LogP contribution in [0.5, 0.6) is 11.5 Å². The second-order valence-corrected chi connectivity index (χ2v) is 7.51. The molecule has 0 amide bonds. The Labute approximate surface area is 186 Å². The molecule has 0 saturated heterocycles. The number of nitrogens with one attached hydrogen (secondary N) is 1. The number of pyridine rings is 1. The fourth-order valence-electron chi connectivity index (χ4n) is 4.15. The number of hydrogen-bond acceptors (Lipinski definition) is 7. The van der Waals surface area contributed by atoms with Crippen LogP contribution in [0, 0.1) is 0 Å². The summed E-state index contributed by atoms with van der Waals surface area (Å²) in [6, 6.07) is 15.9. The lowest BCUT2D eigenvalue weighted by Gasteiger charge is -2.24. The lowest BCUT2D eigenvalue weighted by atomic mass is 9.98. The van der Waals surface area contributed by atoms with Crippen molar-refractivity contribution >= 4 is 17.4 Å². The summed E-state index contributed by atoms with van der Waals surface area (Å²) in [5.74, 6) is 2.72. The van der Waals surface area contributed by atoms with Crippen LogP contribution in [-0.4, -0.2) is 43.6 Å². The summed E-state index contributed by atoms with van der Waals surface area (Å²) in [4.78, 5) is 13.8. The maximum Gasteiger partial charge on any atom is 0.215 e. The van der Waals surface area contributed by atoms with Crippen LogP contribution < -0.4 is 14.8 Å². The molecule has 0 bridgehead atoms. The van der Waals surface area contributed by atoms with Crippen molar-refractivity contribution in [1.82, 2.24) is 4.98 Å². The van der Waals surface area contributed by atoms with Gasteiger partial charge in [-0.1, -0.05) is 18.2 Å². The molecule has 2 aromatic carbocycles. The van der Waals surface area contributed by atoms with Gasteiger partial charge in [0.05, 0.1) is 20.8 Å². The molecule has 1 aromatic heterocycles. The number of anilines is 1. The molecule has 0 saturated carbocycles. The van der Waals surface area contributed by atoms with E-state index in [-0.39, 0.29) is 12.1 Å². The van der Waals surface area contributed by atoms with Crippen molar-refractivity contribution in [3.05, 3.63) is 72.1 Å². The molecule has 162 valence electrons. The fraction of sp³-hybridized carbons (Fsp3) is 0.240. The highest BCUT2D eigenvalue weighted by atomic mass is 16.5. The minimum Gasteiger partial charge on any atom is -0.493 e. The largest absolute Gasteiger partial charge is 0.493 e. The van der Waals surface area contributed by atoms with Crippen molar-refractivity contribution in [2.45, 2.75) is 19.0 Å². The van der Waals surface area contributed by atoms with Crippen LogP contribution in [0.1, 0.15) is 24.1 Å². The molecular weight excluding hydrogens is 404 g/mol.